The lowest BCUT2D eigenvalue weighted by atomic mass is 10.1. The molecule has 1 aromatic rings. The summed E-state index contributed by atoms with van der Waals surface area (Å²) in [6.45, 7) is 10.0. The van der Waals surface area contributed by atoms with Gasteiger partial charge >= 0.3 is 0 Å². The second-order valence-corrected chi connectivity index (χ2v) is 19.3. The van der Waals surface area contributed by atoms with Crippen LogP contribution in [0.3, 0.4) is 0 Å². The van der Waals surface area contributed by atoms with Gasteiger partial charge in [0.2, 0.25) is 0 Å². The molecule has 0 bridgehead atoms. The predicted molar refractivity (Wildman–Crippen MR) is 282 cm³/mol. The molecule has 1 rings (SSSR count). The van der Waals surface area contributed by atoms with Crippen LogP contribution < -0.4 is 15.6 Å². The first-order valence-electron chi connectivity index (χ1n) is 27.3. The fraction of sp³-hybridized carbons (Fsp3) is 0.789. The smallest absolute Gasteiger partial charge is 0.171 e. The Morgan fingerprint density at radius 3 is 1.08 bits per heavy atom. The molecule has 0 heterocycles. The molecule has 1 unspecified atom stereocenters. The van der Waals surface area contributed by atoms with Crippen molar-refractivity contribution < 1.29 is 0 Å². The van der Waals surface area contributed by atoms with Crippen LogP contribution in [-0.2, 0) is 0 Å². The summed E-state index contributed by atoms with van der Waals surface area (Å²) in [4.78, 5) is 0. The molecule has 0 aromatic heterocycles. The average Bonchev–Trinajstić information content (AvgIpc) is 3.28. The van der Waals surface area contributed by atoms with Crippen LogP contribution in [0.5, 0.6) is 0 Å². The molecule has 0 aliphatic heterocycles. The Bertz CT molecular complexity index is 1040. The van der Waals surface area contributed by atoms with Gasteiger partial charge in [-0.05, 0) is 103 Å². The van der Waals surface area contributed by atoms with Crippen LogP contribution >= 0.6 is 12.6 Å². The largest absolute Gasteiger partial charge is 0.176 e. The molecule has 2 N–H and O–H groups in total. The Morgan fingerprint density at radius 2 is 0.705 bits per heavy atom. The van der Waals surface area contributed by atoms with Gasteiger partial charge in [-0.2, -0.15) is 12.6 Å². The summed E-state index contributed by atoms with van der Waals surface area (Å²) in [5, 5.41) is 0.473. The van der Waals surface area contributed by atoms with Crippen molar-refractivity contribution in [1.82, 2.24) is 15.6 Å². The molecule has 354 valence electrons. The maximum absolute atomic E-state index is 5.10. The molecule has 0 amide bonds. The van der Waals surface area contributed by atoms with E-state index in [2.05, 4.69) is 98.4 Å². The fourth-order valence-electron chi connectivity index (χ4n) is 8.60. The maximum Gasteiger partial charge on any atom is 0.171 e. The van der Waals surface area contributed by atoms with E-state index in [0.29, 0.717) is 9.95 Å². The summed E-state index contributed by atoms with van der Waals surface area (Å²) in [7, 11) is 0. The number of para-hydroxylation sites is 1. The minimum absolute atomic E-state index is 0.473. The SMILES string of the molecule is CCCCCCCC/C=C\CCCCCCCN[N+](CCCC(S)CCC/C=C\CCCCCCCC)(NCCCCCCC/C=C\CCCCCCCC)c1ccccc1. The number of benzene rings is 1. The predicted octanol–water partition coefficient (Wildman–Crippen LogP) is 18.9. The van der Waals surface area contributed by atoms with Crippen molar-refractivity contribution in [1.29, 1.82) is 0 Å². The van der Waals surface area contributed by atoms with E-state index in [0.717, 1.165) is 26.1 Å². The topological polar surface area (TPSA) is 24.1 Å². The van der Waals surface area contributed by atoms with Crippen LogP contribution in [-0.4, -0.2) is 24.9 Å². The summed E-state index contributed by atoms with van der Waals surface area (Å²) in [6.07, 6.45) is 65.1. The second-order valence-electron chi connectivity index (χ2n) is 18.6. The van der Waals surface area contributed by atoms with E-state index in [1.807, 2.05) is 0 Å². The van der Waals surface area contributed by atoms with Gasteiger partial charge in [0.15, 0.2) is 5.69 Å². The molecule has 61 heavy (non-hydrogen) atoms. The third kappa shape index (κ3) is 37.7. The van der Waals surface area contributed by atoms with E-state index in [4.69, 9.17) is 12.6 Å². The minimum Gasteiger partial charge on any atom is -0.176 e. The summed E-state index contributed by atoms with van der Waals surface area (Å²) in [5.74, 6) is 0. The molecule has 0 fully saturated rings. The van der Waals surface area contributed by atoms with Gasteiger partial charge in [0.05, 0.1) is 0 Å². The monoisotopic (exact) mass is 865 g/mol. The number of hydrogen-bond donors (Lipinski definition) is 3. The Hall–Kier alpha value is -1.33. The highest BCUT2D eigenvalue weighted by atomic mass is 32.1. The number of rotatable bonds is 48. The Morgan fingerprint density at radius 1 is 0.393 bits per heavy atom. The maximum atomic E-state index is 5.10. The van der Waals surface area contributed by atoms with Crippen LogP contribution in [0.15, 0.2) is 66.8 Å². The molecule has 4 heteroatoms. The zero-order valence-electron chi connectivity index (χ0n) is 41.3. The van der Waals surface area contributed by atoms with Gasteiger partial charge in [-0.15, -0.1) is 15.6 Å². The summed E-state index contributed by atoms with van der Waals surface area (Å²) in [6, 6.07) is 11.3. The summed E-state index contributed by atoms with van der Waals surface area (Å²) < 4.78 is 0.690. The van der Waals surface area contributed by atoms with Crippen molar-refractivity contribution in [2.45, 2.75) is 270 Å². The molecule has 0 spiro atoms. The zero-order valence-corrected chi connectivity index (χ0v) is 42.2. The third-order valence-corrected chi connectivity index (χ3v) is 13.2. The highest BCUT2D eigenvalue weighted by Crippen LogP contribution is 2.22. The van der Waals surface area contributed by atoms with E-state index in [1.54, 1.807) is 0 Å². The number of allylic oxidation sites excluding steroid dienone is 6. The lowest BCUT2D eigenvalue weighted by Gasteiger charge is -2.37. The van der Waals surface area contributed by atoms with E-state index in [-0.39, 0.29) is 0 Å². The zero-order chi connectivity index (χ0) is 43.8. The first-order chi connectivity index (χ1) is 30.2. The van der Waals surface area contributed by atoms with Crippen molar-refractivity contribution in [3.05, 3.63) is 66.8 Å². The third-order valence-electron chi connectivity index (χ3n) is 12.7. The highest BCUT2D eigenvalue weighted by Gasteiger charge is 2.30. The van der Waals surface area contributed by atoms with E-state index >= 15 is 0 Å². The Labute approximate surface area is 388 Å². The van der Waals surface area contributed by atoms with Gasteiger partial charge in [-0.3, -0.25) is 0 Å². The van der Waals surface area contributed by atoms with Crippen LogP contribution in [0.1, 0.15) is 265 Å². The normalized spacial score (nSPS) is 12.9. The first kappa shape index (κ1) is 57.7. The standard InChI is InChI=1S/C57H105N3S/c1-4-7-10-13-16-19-22-24-26-28-31-34-37-40-46-53-58-60(56-49-43-42-44-50-56,55-48-52-57(61)51-45-39-36-33-30-21-18-15-12-9-6-3)59-54-47-41-38-35-32-29-27-25-23-20-17-14-11-8-5-2/h24-27,33,36,42-44,49-50,57-59H,4-23,28-32,34-35,37-41,45-48,51-55H2,1-3H3/p+1/b26-24-,27-25-,36-33-. The Balaban J connectivity index is 2.55. The lowest BCUT2D eigenvalue weighted by molar-refractivity contribution is 0.113. The molecule has 0 radical (unpaired) electrons. The lowest BCUT2D eigenvalue weighted by Crippen LogP contribution is -2.68. The van der Waals surface area contributed by atoms with Gasteiger partial charge in [0.25, 0.3) is 0 Å². The molecule has 0 saturated heterocycles. The summed E-state index contributed by atoms with van der Waals surface area (Å²) >= 11 is 5.10. The van der Waals surface area contributed by atoms with Crippen molar-refractivity contribution in [3.8, 4) is 0 Å². The highest BCUT2D eigenvalue weighted by molar-refractivity contribution is 7.80. The first-order valence-corrected chi connectivity index (χ1v) is 27.8. The van der Waals surface area contributed by atoms with Crippen molar-refractivity contribution in [2.24, 2.45) is 0 Å². The molecule has 0 aliphatic carbocycles. The van der Waals surface area contributed by atoms with Gasteiger partial charge in [-0.1, -0.05) is 210 Å². The second kappa shape index (κ2) is 46.7. The average molecular weight is 866 g/mol. The van der Waals surface area contributed by atoms with Crippen molar-refractivity contribution in [2.75, 3.05) is 19.6 Å². The van der Waals surface area contributed by atoms with Gasteiger partial charge in [0.1, 0.15) is 6.54 Å². The fourth-order valence-corrected chi connectivity index (χ4v) is 8.96. The number of quaternary nitrogens is 1. The molecule has 0 aliphatic rings. The van der Waals surface area contributed by atoms with E-state index in [9.17, 15) is 0 Å². The number of unbranched alkanes of at least 4 members (excludes halogenated alkanes) is 29. The number of hydrogen-bond acceptors (Lipinski definition) is 3. The number of thiol groups is 1. The van der Waals surface area contributed by atoms with Crippen molar-refractivity contribution >= 4 is 18.3 Å². The molecular weight excluding hydrogens is 759 g/mol. The molecular formula is C57H106N3S+. The van der Waals surface area contributed by atoms with Gasteiger partial charge in [-0.25, -0.2) is 0 Å². The van der Waals surface area contributed by atoms with Crippen LogP contribution in [0.2, 0.25) is 0 Å². The van der Waals surface area contributed by atoms with E-state index in [1.165, 1.54) is 243 Å². The minimum atomic E-state index is 0.473. The quantitative estimate of drug-likeness (QED) is 0.0200. The molecule has 1 atom stereocenters. The van der Waals surface area contributed by atoms with E-state index < -0.39 is 0 Å². The molecule has 0 saturated carbocycles. The Kier molecular flexibility index (Phi) is 44.1. The van der Waals surface area contributed by atoms with Crippen LogP contribution in [0, 0.1) is 0 Å². The van der Waals surface area contributed by atoms with Gasteiger partial charge in [0, 0.05) is 36.9 Å². The molecule has 1 aromatic carbocycles. The van der Waals surface area contributed by atoms with Crippen LogP contribution in [0.4, 0.5) is 5.69 Å². The number of nitrogens with one attached hydrogen (secondary N) is 2. The number of nitrogens with zero attached hydrogens (tertiary/aromatic N) is 1. The molecule has 3 nitrogen and oxygen atoms in total. The summed E-state index contributed by atoms with van der Waals surface area (Å²) in [5.41, 5.74) is 9.51. The van der Waals surface area contributed by atoms with Crippen molar-refractivity contribution in [3.63, 3.8) is 0 Å². The van der Waals surface area contributed by atoms with Crippen LogP contribution in [0.25, 0.3) is 0 Å². The van der Waals surface area contributed by atoms with Gasteiger partial charge < -0.3 is 0 Å².